The number of piperidine rings is 2. The molecule has 6 aliphatic heterocycles. The molecule has 6 aromatic carbocycles. The summed E-state index contributed by atoms with van der Waals surface area (Å²) >= 11 is 3.15. The number of amides is 10. The second-order valence-electron chi connectivity index (χ2n) is 39.2. The summed E-state index contributed by atoms with van der Waals surface area (Å²) in [5, 5.41) is 25.8. The molecule has 2 unspecified atom stereocenters. The van der Waals surface area contributed by atoms with Gasteiger partial charge in [-0.2, -0.15) is 0 Å². The van der Waals surface area contributed by atoms with Gasteiger partial charge in [0.15, 0.2) is 17.4 Å². The fourth-order valence-corrected chi connectivity index (χ4v) is 23.0. The zero-order chi connectivity index (χ0) is 104. The molecule has 6 N–H and O–H groups in total. The number of ketones is 1. The lowest BCUT2D eigenvalue weighted by Crippen LogP contribution is -2.52. The minimum Gasteiger partial charge on any atom is -0.381 e. The molecule has 4 saturated heterocycles. The van der Waals surface area contributed by atoms with Gasteiger partial charge in [0.2, 0.25) is 35.4 Å². The van der Waals surface area contributed by atoms with Crippen LogP contribution in [0, 0.1) is 13.8 Å². The monoisotopic (exact) mass is 2060 g/mol. The number of hydrogen-bond acceptors (Lipinski definition) is 27. The van der Waals surface area contributed by atoms with Gasteiger partial charge >= 0.3 is 0 Å². The Labute approximate surface area is 871 Å². The first kappa shape index (κ1) is 105. The summed E-state index contributed by atoms with van der Waals surface area (Å²) in [6, 6.07) is 39.3. The number of imide groups is 2. The quantitative estimate of drug-likeness (QED) is 0.0153. The van der Waals surface area contributed by atoms with E-state index in [1.165, 1.54) is 30.0 Å². The molecular formula is C111H125N19O17S2. The van der Waals surface area contributed by atoms with Crippen LogP contribution in [-0.2, 0) is 131 Å². The standard InChI is InChI=1S/C56H63N11O8S.C55H62N8O9S/c1-35-41(12-7-14-44(35)59-53(70)48-31-38-9-4-5-15-47(38)76-48)45-34-64(3)56(73)51(58-45)57-39-18-16-37(17-19-39)50-55(72)65(24-23-63(50)2)25-29-75-30-26-66-32-40(61-62-66)22-28-74-27-8-11-36-10-6-13-42-43(36)33-67(54(42)71)46-20-21-49(68)60-52(46)69;1-34-40(14-7-16-43(34)58-52(67)47-30-37-10-4-5-17-46(37)73-47)44-32-61(3)55(70)50(57-44)56-38-20-18-36(19-21-38)49-54(69)62(25-24-60(49)2)26-29-71-27-9-13-39(64)33-72-28-8-12-35-11-6-15-41-42(35)31-63(53(41)68)45-22-23-48(65)59-51(45)66/h6-7,10,12-14,16-19,31-32,34,46,50H,4-5,8-9,11,15,20-30,33H2,1-3H3,(H,57,58)(H,59,70)(H,60,68,69);6-7,11,14-16,18-21,30,32,45,49H,4-5,8-10,12-13,17,22-29,31,33H2,1-3H3,(H,56,57)(H,58,67)(H,59,65,66)/t46?,50-;45?,49-/m11/s1. The minimum absolute atomic E-state index is 0.00102. The number of piperazine rings is 2. The third-order valence-electron chi connectivity index (χ3n) is 29.1. The van der Waals surface area contributed by atoms with Crippen LogP contribution in [0.15, 0.2) is 162 Å². The van der Waals surface area contributed by atoms with Crippen molar-refractivity contribution in [3.8, 4) is 22.5 Å². The number of hydrogen-bond donors (Lipinski definition) is 6. The van der Waals surface area contributed by atoms with E-state index in [1.54, 1.807) is 75.8 Å². The number of aromatic nitrogens is 7. The zero-order valence-corrected chi connectivity index (χ0v) is 86.4. The van der Waals surface area contributed by atoms with E-state index < -0.39 is 36.0 Å². The van der Waals surface area contributed by atoms with Crippen LogP contribution in [0.5, 0.6) is 0 Å². The summed E-state index contributed by atoms with van der Waals surface area (Å²) < 4.78 is 28.2. The number of fused-ring (bicyclic) bond motifs is 4. The number of aryl methyl sites for hydroxylation is 8. The van der Waals surface area contributed by atoms with E-state index >= 15 is 0 Å². The maximum absolute atomic E-state index is 13.9. The molecule has 5 aromatic heterocycles. The van der Waals surface area contributed by atoms with E-state index in [1.807, 2.05) is 175 Å². The number of ether oxygens (including phenoxy) is 4. The van der Waals surface area contributed by atoms with Crippen molar-refractivity contribution in [2.24, 2.45) is 14.1 Å². The minimum atomic E-state index is -0.662. The van der Waals surface area contributed by atoms with E-state index in [0.29, 0.717) is 205 Å². The maximum Gasteiger partial charge on any atom is 0.293 e. The molecule has 778 valence electrons. The second kappa shape index (κ2) is 47.9. The fraction of sp³-hybridized carbons (Fsp3) is 0.414. The average Bonchev–Trinajstić information content (AvgIpc) is 1.62. The fourth-order valence-electron chi connectivity index (χ4n) is 20.8. The van der Waals surface area contributed by atoms with Crippen molar-refractivity contribution in [3.05, 3.63) is 265 Å². The third kappa shape index (κ3) is 24.7. The first-order chi connectivity index (χ1) is 72.2. The maximum atomic E-state index is 13.9. The van der Waals surface area contributed by atoms with Gasteiger partial charge in [-0.3, -0.25) is 82.8 Å². The molecule has 4 fully saturated rings. The average molecular weight is 2060 g/mol. The van der Waals surface area contributed by atoms with E-state index in [2.05, 4.69) is 42.2 Å². The number of anilines is 6. The lowest BCUT2D eigenvalue weighted by atomic mass is 9.99. The highest BCUT2D eigenvalue weighted by Gasteiger charge is 2.43. The summed E-state index contributed by atoms with van der Waals surface area (Å²) in [5.41, 5.74) is 16.5. The van der Waals surface area contributed by atoms with Crippen molar-refractivity contribution in [2.45, 2.75) is 180 Å². The molecule has 19 rings (SSSR count). The van der Waals surface area contributed by atoms with Gasteiger partial charge in [-0.15, -0.1) is 27.8 Å². The summed E-state index contributed by atoms with van der Waals surface area (Å²) in [5.74, 6) is -1.87. The summed E-state index contributed by atoms with van der Waals surface area (Å²) in [6.45, 7) is 11.3. The van der Waals surface area contributed by atoms with Crippen LogP contribution < -0.4 is 43.0 Å². The topological polar surface area (TPSA) is 417 Å². The highest BCUT2D eigenvalue weighted by molar-refractivity contribution is 7.14. The predicted molar refractivity (Wildman–Crippen MR) is 563 cm³/mol. The normalized spacial score (nSPS) is 17.8. The molecule has 4 atom stereocenters. The number of benzene rings is 6. The Morgan fingerprint density at radius 1 is 0.456 bits per heavy atom. The van der Waals surface area contributed by atoms with Gasteiger partial charge in [-0.1, -0.05) is 78.0 Å². The van der Waals surface area contributed by atoms with E-state index in [0.717, 1.165) is 126 Å². The number of rotatable bonds is 40. The van der Waals surface area contributed by atoms with Crippen LogP contribution in [0.25, 0.3) is 22.5 Å². The molecule has 0 spiro atoms. The Hall–Kier alpha value is -14.3. The van der Waals surface area contributed by atoms with Crippen LogP contribution in [-0.4, -0.2) is 247 Å². The second-order valence-corrected chi connectivity index (χ2v) is 41.5. The first-order valence-corrected chi connectivity index (χ1v) is 53.0. The van der Waals surface area contributed by atoms with Crippen LogP contribution in [0.2, 0.25) is 0 Å². The molecule has 2 aliphatic carbocycles. The van der Waals surface area contributed by atoms with Gasteiger partial charge in [-0.05, 0) is 241 Å². The Morgan fingerprint density at radius 3 is 1.37 bits per heavy atom. The van der Waals surface area contributed by atoms with Crippen LogP contribution in [0.3, 0.4) is 0 Å². The molecular weight excluding hydrogens is 1940 g/mol. The lowest BCUT2D eigenvalue weighted by molar-refractivity contribution is -0.142. The molecule has 11 heterocycles. The Morgan fingerprint density at radius 2 is 0.893 bits per heavy atom. The highest BCUT2D eigenvalue weighted by Crippen LogP contribution is 2.40. The molecule has 11 aromatic rings. The molecule has 0 radical (unpaired) electrons. The number of thiophene rings is 2. The molecule has 8 aliphatic rings. The number of nitrogens with one attached hydrogen (secondary N) is 6. The van der Waals surface area contributed by atoms with Crippen LogP contribution >= 0.6 is 22.7 Å². The van der Waals surface area contributed by atoms with E-state index in [4.69, 9.17) is 28.9 Å². The third-order valence-corrected chi connectivity index (χ3v) is 31.6. The van der Waals surface area contributed by atoms with Gasteiger partial charge in [-0.25, -0.2) is 14.6 Å². The Bertz CT molecular complexity index is 6980. The van der Waals surface area contributed by atoms with Gasteiger partial charge in [0.1, 0.15) is 30.8 Å². The highest BCUT2D eigenvalue weighted by atomic mass is 32.1. The van der Waals surface area contributed by atoms with Crippen molar-refractivity contribution in [2.75, 3.05) is 127 Å². The predicted octanol–water partition coefficient (Wildman–Crippen LogP) is 12.1. The smallest absolute Gasteiger partial charge is 0.293 e. The zero-order valence-electron chi connectivity index (χ0n) is 84.8. The van der Waals surface area contributed by atoms with Crippen LogP contribution in [0.4, 0.5) is 34.4 Å². The molecule has 0 saturated carbocycles. The summed E-state index contributed by atoms with van der Waals surface area (Å²) in [6.07, 6.45) is 19.3. The van der Waals surface area contributed by atoms with Crippen LogP contribution in [0.1, 0.15) is 200 Å². The molecule has 10 amide bonds. The SMILES string of the molecule is Cc1c(NC(=O)c2cc3c(s2)CCCC3)cccc1-c1cn(C)c(=O)c(Nc2ccc([C@@H]3C(=O)N(CCOCCCC(=O)COCCCc4cccc5c4CN(C4CCC(=O)NC4=O)C5=O)CCN3C)cc2)n1.Cc1c(NC(=O)c2cc3c(s2)CCCC3)cccc1-c1cn(C)c(=O)c(Nc2ccc([C@@H]3C(=O)N(CCOCCn4cc(CCOCCCc5cccc6c5CN(C5CCC(=O)NC5=O)C6=O)nn4)CCN3C)cc2)n1. The van der Waals surface area contributed by atoms with E-state index in [-0.39, 0.29) is 95.2 Å². The largest absolute Gasteiger partial charge is 0.381 e. The van der Waals surface area contributed by atoms with Crippen molar-refractivity contribution in [1.29, 1.82) is 0 Å². The number of likely N-dealkylation sites (N-methyl/N-ethyl adjacent to an activating group) is 2. The van der Waals surface area contributed by atoms with Gasteiger partial charge in [0.25, 0.3) is 34.7 Å². The van der Waals surface area contributed by atoms with Gasteiger partial charge in [0.05, 0.1) is 59.8 Å². The molecule has 0 bridgehead atoms. The Kier molecular flexibility index (Phi) is 33.7. The number of Topliss-reactive ketones (excluding diaryl/α,β-unsaturated/α-hetero) is 1. The first-order valence-electron chi connectivity index (χ1n) is 51.4. The summed E-state index contributed by atoms with van der Waals surface area (Å²) in [4.78, 5) is 193. The van der Waals surface area contributed by atoms with Gasteiger partial charge in [0, 0.05) is 185 Å². The lowest BCUT2D eigenvalue weighted by Gasteiger charge is -2.39. The van der Waals surface area contributed by atoms with E-state index in [9.17, 15) is 62.3 Å². The number of carbonyl (C=O) groups is 11. The number of nitrogens with zero attached hydrogens (tertiary/aromatic N) is 13. The van der Waals surface area contributed by atoms with Gasteiger partial charge < -0.3 is 68.9 Å². The van der Waals surface area contributed by atoms with Crippen molar-refractivity contribution in [3.63, 3.8) is 0 Å². The van der Waals surface area contributed by atoms with Crippen molar-refractivity contribution < 1.29 is 71.7 Å². The molecule has 149 heavy (non-hydrogen) atoms. The van der Waals surface area contributed by atoms with Crippen molar-refractivity contribution >= 4 is 122 Å². The Balaban J connectivity index is 0.000000195. The molecule has 38 heteroatoms. The molecule has 36 nitrogen and oxygen atoms in total. The number of carbonyl (C=O) groups excluding carboxylic acids is 11. The summed E-state index contributed by atoms with van der Waals surface area (Å²) in [7, 11) is 7.24. The van der Waals surface area contributed by atoms with Crippen molar-refractivity contribution in [1.82, 2.24) is 74.1 Å².